The maximum absolute atomic E-state index is 11.9. The molecule has 0 aliphatic rings. The molecular formula is C10H14N4O. The molecule has 80 valence electrons. The van der Waals surface area contributed by atoms with E-state index in [0.29, 0.717) is 12.1 Å². The average molecular weight is 206 g/mol. The van der Waals surface area contributed by atoms with Gasteiger partial charge < -0.3 is 10.3 Å². The first-order valence-electron chi connectivity index (χ1n) is 4.89. The quantitative estimate of drug-likeness (QED) is 0.760. The average Bonchev–Trinajstić information content (AvgIpc) is 2.51. The van der Waals surface area contributed by atoms with Gasteiger partial charge in [0.15, 0.2) is 0 Å². The van der Waals surface area contributed by atoms with E-state index in [-0.39, 0.29) is 11.6 Å². The van der Waals surface area contributed by atoms with Crippen molar-refractivity contribution in [3.63, 3.8) is 0 Å². The predicted octanol–water partition coefficient (Wildman–Crippen LogP) is 0.152. The summed E-state index contributed by atoms with van der Waals surface area (Å²) in [6.45, 7) is 4.26. The van der Waals surface area contributed by atoms with Crippen molar-refractivity contribution in [1.82, 2.24) is 14.2 Å². The van der Waals surface area contributed by atoms with E-state index in [4.69, 9.17) is 5.73 Å². The highest BCUT2D eigenvalue weighted by atomic mass is 16.1. The SMILES string of the molecule is Cc1cc2c(=O)n(C[C@@H](C)N)ccn2n1. The third kappa shape index (κ3) is 1.78. The molecule has 0 aliphatic carbocycles. The maximum Gasteiger partial charge on any atom is 0.276 e. The Kier molecular flexibility index (Phi) is 2.32. The standard InChI is InChI=1S/C10H14N4O/c1-7(11)6-13-3-4-14-9(10(13)15)5-8(2)12-14/h3-5,7H,6,11H2,1-2H3/t7-/m1/s1. The summed E-state index contributed by atoms with van der Waals surface area (Å²) in [5, 5.41) is 4.17. The summed E-state index contributed by atoms with van der Waals surface area (Å²) in [5.41, 5.74) is 7.05. The molecule has 0 unspecified atom stereocenters. The monoisotopic (exact) mass is 206 g/mol. The highest BCUT2D eigenvalue weighted by molar-refractivity contribution is 5.44. The normalized spacial score (nSPS) is 13.3. The Morgan fingerprint density at radius 2 is 2.27 bits per heavy atom. The Balaban J connectivity index is 2.59. The first-order valence-corrected chi connectivity index (χ1v) is 4.89. The molecular weight excluding hydrogens is 192 g/mol. The lowest BCUT2D eigenvalue weighted by atomic mass is 10.3. The zero-order chi connectivity index (χ0) is 11.0. The van der Waals surface area contributed by atoms with Crippen molar-refractivity contribution in [1.29, 1.82) is 0 Å². The van der Waals surface area contributed by atoms with Gasteiger partial charge in [-0.3, -0.25) is 4.79 Å². The van der Waals surface area contributed by atoms with Gasteiger partial charge in [-0.15, -0.1) is 0 Å². The second-order valence-corrected chi connectivity index (χ2v) is 3.85. The van der Waals surface area contributed by atoms with Gasteiger partial charge in [-0.05, 0) is 19.9 Å². The molecule has 2 N–H and O–H groups in total. The summed E-state index contributed by atoms with van der Waals surface area (Å²) >= 11 is 0. The van der Waals surface area contributed by atoms with Crippen LogP contribution in [0.5, 0.6) is 0 Å². The number of hydrogen-bond acceptors (Lipinski definition) is 3. The summed E-state index contributed by atoms with van der Waals surface area (Å²) in [4.78, 5) is 11.9. The Hall–Kier alpha value is -1.62. The number of fused-ring (bicyclic) bond motifs is 1. The molecule has 5 nitrogen and oxygen atoms in total. The van der Waals surface area contributed by atoms with Gasteiger partial charge in [-0.2, -0.15) is 5.10 Å². The highest BCUT2D eigenvalue weighted by Gasteiger charge is 2.06. The highest BCUT2D eigenvalue weighted by Crippen LogP contribution is 1.99. The van der Waals surface area contributed by atoms with Crippen LogP contribution < -0.4 is 11.3 Å². The van der Waals surface area contributed by atoms with Crippen LogP contribution >= 0.6 is 0 Å². The molecule has 0 spiro atoms. The molecule has 0 aromatic carbocycles. The second kappa shape index (κ2) is 3.51. The first kappa shape index (κ1) is 9.92. The molecule has 0 saturated heterocycles. The van der Waals surface area contributed by atoms with E-state index in [2.05, 4.69) is 5.10 Å². The second-order valence-electron chi connectivity index (χ2n) is 3.85. The molecule has 0 bridgehead atoms. The minimum Gasteiger partial charge on any atom is -0.326 e. The minimum atomic E-state index is -0.0459. The Bertz CT molecular complexity index is 538. The molecule has 2 aromatic rings. The van der Waals surface area contributed by atoms with Gasteiger partial charge in [0.05, 0.1) is 5.69 Å². The van der Waals surface area contributed by atoms with Crippen molar-refractivity contribution in [2.24, 2.45) is 5.73 Å². The third-order valence-electron chi connectivity index (χ3n) is 2.21. The molecule has 2 heterocycles. The summed E-state index contributed by atoms with van der Waals surface area (Å²) in [5.74, 6) is 0. The van der Waals surface area contributed by atoms with Gasteiger partial charge in [-0.1, -0.05) is 0 Å². The van der Waals surface area contributed by atoms with E-state index >= 15 is 0 Å². The van der Waals surface area contributed by atoms with Crippen LogP contribution in [0.3, 0.4) is 0 Å². The first-order chi connectivity index (χ1) is 7.08. The lowest BCUT2D eigenvalue weighted by molar-refractivity contribution is 0.571. The fourth-order valence-electron chi connectivity index (χ4n) is 1.60. The van der Waals surface area contributed by atoms with Crippen molar-refractivity contribution in [2.75, 3.05) is 0 Å². The Morgan fingerprint density at radius 3 is 2.93 bits per heavy atom. The van der Waals surface area contributed by atoms with Gasteiger partial charge in [0.25, 0.3) is 5.56 Å². The van der Waals surface area contributed by atoms with Crippen molar-refractivity contribution in [2.45, 2.75) is 26.4 Å². The zero-order valence-electron chi connectivity index (χ0n) is 8.84. The van der Waals surface area contributed by atoms with E-state index in [9.17, 15) is 4.79 Å². The van der Waals surface area contributed by atoms with Crippen molar-refractivity contribution >= 4 is 5.52 Å². The summed E-state index contributed by atoms with van der Waals surface area (Å²) in [6, 6.07) is 1.74. The van der Waals surface area contributed by atoms with Crippen LogP contribution in [0.2, 0.25) is 0 Å². The molecule has 15 heavy (non-hydrogen) atoms. The molecule has 1 atom stereocenters. The van der Waals surface area contributed by atoms with Gasteiger partial charge >= 0.3 is 0 Å². The zero-order valence-corrected chi connectivity index (χ0v) is 8.84. The van der Waals surface area contributed by atoms with E-state index in [1.807, 2.05) is 13.8 Å². The van der Waals surface area contributed by atoms with Crippen molar-refractivity contribution in [3.05, 3.63) is 34.5 Å². The van der Waals surface area contributed by atoms with Gasteiger partial charge in [0.2, 0.25) is 0 Å². The molecule has 5 heteroatoms. The maximum atomic E-state index is 11.9. The van der Waals surface area contributed by atoms with Crippen LogP contribution in [0.15, 0.2) is 23.3 Å². The van der Waals surface area contributed by atoms with Crippen molar-refractivity contribution in [3.8, 4) is 0 Å². The number of nitrogens with zero attached hydrogens (tertiary/aromatic N) is 3. The minimum absolute atomic E-state index is 0.0332. The van der Waals surface area contributed by atoms with Crippen LogP contribution in [-0.4, -0.2) is 20.2 Å². The topological polar surface area (TPSA) is 65.3 Å². The third-order valence-corrected chi connectivity index (χ3v) is 2.21. The number of aromatic nitrogens is 3. The summed E-state index contributed by atoms with van der Waals surface area (Å²) < 4.78 is 3.20. The van der Waals surface area contributed by atoms with Crippen LogP contribution in [0, 0.1) is 6.92 Å². The van der Waals surface area contributed by atoms with Crippen LogP contribution in [0.4, 0.5) is 0 Å². The lowest BCUT2D eigenvalue weighted by Crippen LogP contribution is -2.30. The Morgan fingerprint density at radius 1 is 1.53 bits per heavy atom. The van der Waals surface area contributed by atoms with Gasteiger partial charge in [0.1, 0.15) is 5.52 Å². The fourth-order valence-corrected chi connectivity index (χ4v) is 1.60. The van der Waals surface area contributed by atoms with Gasteiger partial charge in [-0.25, -0.2) is 4.52 Å². The van der Waals surface area contributed by atoms with Crippen LogP contribution in [-0.2, 0) is 6.54 Å². The fraction of sp³-hybridized carbons (Fsp3) is 0.400. The van der Waals surface area contributed by atoms with E-state index < -0.39 is 0 Å². The van der Waals surface area contributed by atoms with E-state index in [1.54, 1.807) is 27.5 Å². The number of aryl methyl sites for hydroxylation is 1. The van der Waals surface area contributed by atoms with Crippen LogP contribution in [0.25, 0.3) is 5.52 Å². The van der Waals surface area contributed by atoms with Gasteiger partial charge in [0, 0.05) is 25.0 Å². The lowest BCUT2D eigenvalue weighted by Gasteiger charge is -2.08. The largest absolute Gasteiger partial charge is 0.326 e. The predicted molar refractivity (Wildman–Crippen MR) is 57.8 cm³/mol. The van der Waals surface area contributed by atoms with E-state index in [1.165, 1.54) is 0 Å². The van der Waals surface area contributed by atoms with Crippen LogP contribution in [0.1, 0.15) is 12.6 Å². The molecule has 2 rings (SSSR count). The van der Waals surface area contributed by atoms with Crippen molar-refractivity contribution < 1.29 is 0 Å². The number of hydrogen-bond donors (Lipinski definition) is 1. The summed E-state index contributed by atoms with van der Waals surface area (Å²) in [6.07, 6.45) is 3.48. The number of nitrogens with two attached hydrogens (primary N) is 1. The molecule has 0 radical (unpaired) electrons. The number of rotatable bonds is 2. The summed E-state index contributed by atoms with van der Waals surface area (Å²) in [7, 11) is 0. The smallest absolute Gasteiger partial charge is 0.276 e. The molecule has 0 saturated carbocycles. The molecule has 0 fully saturated rings. The molecule has 0 amide bonds. The molecule has 2 aromatic heterocycles. The Labute approximate surface area is 87.1 Å². The molecule has 0 aliphatic heterocycles. The van der Waals surface area contributed by atoms with E-state index in [0.717, 1.165) is 5.69 Å².